The van der Waals surface area contributed by atoms with E-state index in [4.69, 9.17) is 0 Å². The lowest BCUT2D eigenvalue weighted by Gasteiger charge is -2.28. The molecule has 0 spiro atoms. The average Bonchev–Trinajstić information content (AvgIpc) is 2.83. The van der Waals surface area contributed by atoms with Crippen LogP contribution in [0.2, 0.25) is 0 Å². The van der Waals surface area contributed by atoms with E-state index in [1.807, 2.05) is 0 Å². The normalized spacial score (nSPS) is 28.1. The van der Waals surface area contributed by atoms with Crippen molar-refractivity contribution in [3.8, 4) is 0 Å². The zero-order valence-corrected chi connectivity index (χ0v) is 11.8. The number of fused-ring (bicyclic) bond motifs is 1. The Labute approximate surface area is 112 Å². The molecule has 0 amide bonds. The van der Waals surface area contributed by atoms with E-state index in [0.29, 0.717) is 0 Å². The molecule has 1 aromatic rings. The molecule has 0 bridgehead atoms. The fourth-order valence-electron chi connectivity index (χ4n) is 3.41. The van der Waals surface area contributed by atoms with Gasteiger partial charge in [-0.25, -0.2) is 0 Å². The smallest absolute Gasteiger partial charge is 0.0178 e. The predicted octanol–water partition coefficient (Wildman–Crippen LogP) is 4.01. The van der Waals surface area contributed by atoms with Crippen LogP contribution in [0.15, 0.2) is 22.7 Å². The highest BCUT2D eigenvalue weighted by atomic mass is 79.9. The number of nitrogens with one attached hydrogen (secondary N) is 1. The van der Waals surface area contributed by atoms with Crippen LogP contribution in [0.3, 0.4) is 0 Å². The van der Waals surface area contributed by atoms with Gasteiger partial charge in [-0.3, -0.25) is 0 Å². The van der Waals surface area contributed by atoms with E-state index in [1.165, 1.54) is 49.5 Å². The summed E-state index contributed by atoms with van der Waals surface area (Å²) in [7, 11) is 0. The molecule has 1 aliphatic heterocycles. The summed E-state index contributed by atoms with van der Waals surface area (Å²) in [6.07, 6.45) is 8.09. The Balaban J connectivity index is 1.80. The monoisotopic (exact) mass is 293 g/mol. The Morgan fingerprint density at radius 1 is 1.24 bits per heavy atom. The molecular weight excluding hydrogens is 274 g/mol. The molecule has 1 heterocycles. The summed E-state index contributed by atoms with van der Waals surface area (Å²) in [6, 6.07) is 7.63. The number of hydrogen-bond acceptors (Lipinski definition) is 1. The third-order valence-electron chi connectivity index (χ3n) is 4.28. The van der Waals surface area contributed by atoms with Crippen LogP contribution in [0.4, 0.5) is 0 Å². The maximum Gasteiger partial charge on any atom is 0.0178 e. The number of halogens is 1. The van der Waals surface area contributed by atoms with E-state index < -0.39 is 0 Å². The van der Waals surface area contributed by atoms with Crippen molar-refractivity contribution in [2.45, 2.75) is 50.5 Å². The van der Waals surface area contributed by atoms with E-state index >= 15 is 0 Å². The van der Waals surface area contributed by atoms with E-state index in [1.54, 1.807) is 11.1 Å². The zero-order chi connectivity index (χ0) is 11.7. The fourth-order valence-corrected chi connectivity index (χ4v) is 3.79. The second-order valence-electron chi connectivity index (χ2n) is 5.46. The highest BCUT2D eigenvalue weighted by Gasteiger charge is 2.25. The quantitative estimate of drug-likeness (QED) is 0.869. The fraction of sp³-hybridized carbons (Fsp3) is 0.600. The lowest BCUT2D eigenvalue weighted by molar-refractivity contribution is 0.445. The molecule has 0 saturated carbocycles. The Kier molecular flexibility index (Phi) is 3.53. The Morgan fingerprint density at radius 2 is 2.18 bits per heavy atom. The van der Waals surface area contributed by atoms with Crippen molar-refractivity contribution in [1.82, 2.24) is 5.32 Å². The summed E-state index contributed by atoms with van der Waals surface area (Å²) >= 11 is 3.61. The van der Waals surface area contributed by atoms with Crippen LogP contribution in [0.5, 0.6) is 0 Å². The highest BCUT2D eigenvalue weighted by molar-refractivity contribution is 9.10. The first-order valence-electron chi connectivity index (χ1n) is 6.84. The minimum atomic E-state index is 0.768. The summed E-state index contributed by atoms with van der Waals surface area (Å²) in [4.78, 5) is 0. The van der Waals surface area contributed by atoms with Crippen LogP contribution in [0, 0.1) is 0 Å². The van der Waals surface area contributed by atoms with E-state index in [9.17, 15) is 0 Å². The standard InChI is InChI=1S/C15H20BrN/c16-13-7-6-11-3-1-4-12(15(11)10-13)9-14-5-2-8-17-14/h6-7,10,12,14,17H,1-5,8-9H2. The number of benzene rings is 1. The van der Waals surface area contributed by atoms with E-state index in [-0.39, 0.29) is 0 Å². The molecule has 2 aliphatic rings. The first-order chi connectivity index (χ1) is 8.33. The van der Waals surface area contributed by atoms with E-state index in [0.717, 1.165) is 12.0 Å². The molecular formula is C15H20BrN. The van der Waals surface area contributed by atoms with Crippen LogP contribution >= 0.6 is 15.9 Å². The van der Waals surface area contributed by atoms with Crippen LogP contribution in [0.25, 0.3) is 0 Å². The molecule has 1 nitrogen and oxygen atoms in total. The Bertz CT molecular complexity index is 396. The second kappa shape index (κ2) is 5.11. The van der Waals surface area contributed by atoms with Gasteiger partial charge >= 0.3 is 0 Å². The van der Waals surface area contributed by atoms with Gasteiger partial charge in [0.2, 0.25) is 0 Å². The van der Waals surface area contributed by atoms with Gasteiger partial charge in [-0.1, -0.05) is 22.0 Å². The van der Waals surface area contributed by atoms with Crippen LogP contribution in [-0.2, 0) is 6.42 Å². The van der Waals surface area contributed by atoms with Gasteiger partial charge in [0.05, 0.1) is 0 Å². The van der Waals surface area contributed by atoms with Crippen LogP contribution < -0.4 is 5.32 Å². The van der Waals surface area contributed by atoms with Gasteiger partial charge in [0.1, 0.15) is 0 Å². The first kappa shape index (κ1) is 11.7. The maximum atomic E-state index is 3.64. The lowest BCUT2D eigenvalue weighted by Crippen LogP contribution is -2.25. The molecule has 17 heavy (non-hydrogen) atoms. The summed E-state index contributed by atoms with van der Waals surface area (Å²) in [5.74, 6) is 0.784. The topological polar surface area (TPSA) is 12.0 Å². The molecule has 1 fully saturated rings. The average molecular weight is 294 g/mol. The maximum absolute atomic E-state index is 3.64. The van der Waals surface area contributed by atoms with Crippen molar-refractivity contribution in [2.24, 2.45) is 0 Å². The SMILES string of the molecule is Brc1ccc2c(c1)C(CC1CCCN1)CCC2. The summed E-state index contributed by atoms with van der Waals surface area (Å²) in [5, 5.41) is 3.64. The van der Waals surface area contributed by atoms with Gasteiger partial charge in [0, 0.05) is 10.5 Å². The molecule has 2 atom stereocenters. The van der Waals surface area contributed by atoms with Crippen molar-refractivity contribution < 1.29 is 0 Å². The molecule has 92 valence electrons. The third-order valence-corrected chi connectivity index (χ3v) is 4.77. The van der Waals surface area contributed by atoms with Gasteiger partial charge in [-0.2, -0.15) is 0 Å². The minimum absolute atomic E-state index is 0.768. The van der Waals surface area contributed by atoms with Gasteiger partial charge in [-0.15, -0.1) is 0 Å². The summed E-state index contributed by atoms with van der Waals surface area (Å²) in [6.45, 7) is 1.22. The second-order valence-corrected chi connectivity index (χ2v) is 6.38. The van der Waals surface area contributed by atoms with Crippen LogP contribution in [0.1, 0.15) is 49.1 Å². The van der Waals surface area contributed by atoms with Crippen molar-refractivity contribution in [3.63, 3.8) is 0 Å². The minimum Gasteiger partial charge on any atom is -0.314 e. The highest BCUT2D eigenvalue weighted by Crippen LogP contribution is 2.37. The van der Waals surface area contributed by atoms with Crippen molar-refractivity contribution in [1.29, 1.82) is 0 Å². The molecule has 1 saturated heterocycles. The molecule has 3 rings (SSSR count). The third kappa shape index (κ3) is 2.58. The van der Waals surface area contributed by atoms with Gasteiger partial charge in [0.25, 0.3) is 0 Å². The first-order valence-corrected chi connectivity index (χ1v) is 7.64. The molecule has 2 unspecified atom stereocenters. The van der Waals surface area contributed by atoms with Crippen LogP contribution in [-0.4, -0.2) is 12.6 Å². The van der Waals surface area contributed by atoms with Gasteiger partial charge < -0.3 is 5.32 Å². The van der Waals surface area contributed by atoms with Crippen molar-refractivity contribution in [2.75, 3.05) is 6.54 Å². The van der Waals surface area contributed by atoms with Gasteiger partial charge in [0.15, 0.2) is 0 Å². The Morgan fingerprint density at radius 3 is 3.00 bits per heavy atom. The lowest BCUT2D eigenvalue weighted by atomic mass is 9.79. The number of rotatable bonds is 2. The molecule has 1 aromatic carbocycles. The van der Waals surface area contributed by atoms with E-state index in [2.05, 4.69) is 39.4 Å². The zero-order valence-electron chi connectivity index (χ0n) is 10.2. The number of hydrogen-bond donors (Lipinski definition) is 1. The van der Waals surface area contributed by atoms with Crippen molar-refractivity contribution in [3.05, 3.63) is 33.8 Å². The summed E-state index contributed by atoms with van der Waals surface area (Å²) < 4.78 is 1.24. The van der Waals surface area contributed by atoms with Gasteiger partial charge in [-0.05, 0) is 74.2 Å². The predicted molar refractivity (Wildman–Crippen MR) is 75.5 cm³/mol. The molecule has 2 heteroatoms. The summed E-state index contributed by atoms with van der Waals surface area (Å²) in [5.41, 5.74) is 3.20. The molecule has 0 radical (unpaired) electrons. The molecule has 1 N–H and O–H groups in total. The molecule has 1 aliphatic carbocycles. The largest absolute Gasteiger partial charge is 0.314 e. The van der Waals surface area contributed by atoms with Crippen molar-refractivity contribution >= 4 is 15.9 Å². The number of aryl methyl sites for hydroxylation is 1. The molecule has 0 aromatic heterocycles. The Hall–Kier alpha value is -0.340.